The Balaban J connectivity index is 1.60. The van der Waals surface area contributed by atoms with Gasteiger partial charge < -0.3 is 0 Å². The van der Waals surface area contributed by atoms with Gasteiger partial charge in [-0.2, -0.15) is 0 Å². The van der Waals surface area contributed by atoms with E-state index < -0.39 is 8.67 Å². The van der Waals surface area contributed by atoms with Gasteiger partial charge in [0.05, 0.1) is 8.65 Å². The Morgan fingerprint density at radius 2 is 0.955 bits per heavy atom. The van der Waals surface area contributed by atoms with Gasteiger partial charge in [-0.3, -0.25) is 0 Å². The van der Waals surface area contributed by atoms with E-state index in [4.69, 9.17) is 46.4 Å². The van der Waals surface area contributed by atoms with Crippen LogP contribution in [-0.2, 0) is 0 Å². The first-order valence-electron chi connectivity index (χ1n) is 8.31. The van der Waals surface area contributed by atoms with E-state index in [1.165, 1.54) is 25.7 Å². The van der Waals surface area contributed by atoms with Crippen LogP contribution >= 0.6 is 78.3 Å². The summed E-state index contributed by atoms with van der Waals surface area (Å²) in [5.74, 6) is 0.774. The second-order valence-electron chi connectivity index (χ2n) is 7.27. The molecule has 0 saturated heterocycles. The van der Waals surface area contributed by atoms with E-state index in [2.05, 4.69) is 31.9 Å². The lowest BCUT2D eigenvalue weighted by molar-refractivity contribution is 0.508. The standard InChI is InChI=1S/C16H22Br2Cl4/c17-13-9-5-1-3-7-11-14(18,15(11,19)20)10-6-2-4-8-12(13)16(13,21)22/h11-12H,1-10H2/t11-,12-,13-,14-/m0/s1. The molecule has 128 valence electrons. The van der Waals surface area contributed by atoms with Crippen LogP contribution in [0.15, 0.2) is 0 Å². The van der Waals surface area contributed by atoms with Gasteiger partial charge in [0, 0.05) is 11.8 Å². The summed E-state index contributed by atoms with van der Waals surface area (Å²) >= 11 is 33.8. The third-order valence-corrected chi connectivity index (χ3v) is 12.5. The van der Waals surface area contributed by atoms with Gasteiger partial charge in [-0.05, 0) is 25.7 Å². The minimum Gasteiger partial charge on any atom is -0.0997 e. The van der Waals surface area contributed by atoms with Crippen LogP contribution in [0.5, 0.6) is 0 Å². The van der Waals surface area contributed by atoms with Crippen molar-refractivity contribution in [2.45, 2.75) is 81.5 Å². The maximum atomic E-state index is 6.52. The van der Waals surface area contributed by atoms with Crippen LogP contribution < -0.4 is 0 Å². The van der Waals surface area contributed by atoms with Gasteiger partial charge in [-0.15, -0.1) is 0 Å². The molecule has 0 amide bonds. The number of fused-ring (bicyclic) bond motifs is 2. The van der Waals surface area contributed by atoms with Gasteiger partial charge in [0.15, 0.2) is 0 Å². The van der Waals surface area contributed by atoms with Crippen LogP contribution in [0.3, 0.4) is 0 Å². The minimum absolute atomic E-state index is 0.0608. The van der Waals surface area contributed by atoms with Gasteiger partial charge in [0.2, 0.25) is 0 Å². The van der Waals surface area contributed by atoms with Crippen LogP contribution in [0, 0.1) is 11.8 Å². The lowest BCUT2D eigenvalue weighted by Gasteiger charge is -2.12. The summed E-state index contributed by atoms with van der Waals surface area (Å²) in [6.07, 6.45) is 11.3. The first kappa shape index (κ1) is 18.9. The lowest BCUT2D eigenvalue weighted by Crippen LogP contribution is -2.09. The average Bonchev–Trinajstić information content (AvgIpc) is 3.05. The quantitative estimate of drug-likeness (QED) is 0.289. The summed E-state index contributed by atoms with van der Waals surface area (Å²) in [4.78, 5) is 0. The highest BCUT2D eigenvalue weighted by atomic mass is 79.9. The number of hydrogen-bond donors (Lipinski definition) is 0. The molecule has 0 radical (unpaired) electrons. The van der Waals surface area contributed by atoms with Gasteiger partial charge >= 0.3 is 0 Å². The fourth-order valence-electron chi connectivity index (χ4n) is 4.31. The highest BCUT2D eigenvalue weighted by molar-refractivity contribution is 9.10. The fourth-order valence-corrected chi connectivity index (χ4v) is 8.74. The maximum absolute atomic E-state index is 6.52. The topological polar surface area (TPSA) is 0 Å². The molecule has 3 fully saturated rings. The molecular formula is C16H22Br2Cl4. The van der Waals surface area contributed by atoms with Crippen molar-refractivity contribution in [1.29, 1.82) is 0 Å². The summed E-state index contributed by atoms with van der Waals surface area (Å²) < 4.78 is -1.27. The van der Waals surface area contributed by atoms with Crippen LogP contribution in [0.25, 0.3) is 0 Å². The molecule has 3 aliphatic carbocycles. The zero-order valence-corrected chi connectivity index (χ0v) is 18.7. The molecule has 0 aromatic carbocycles. The Hall–Kier alpha value is 2.12. The molecule has 0 nitrogen and oxygen atoms in total. The SMILES string of the molecule is ClC1(Cl)[C@H]2CCCCC[C@]3(Br)[C@H](CCCCC[C@]21Br)C3(Cl)Cl. The van der Waals surface area contributed by atoms with E-state index in [1.807, 2.05) is 0 Å². The van der Waals surface area contributed by atoms with Crippen molar-refractivity contribution >= 4 is 78.3 Å². The van der Waals surface area contributed by atoms with Crippen LogP contribution in [0.1, 0.15) is 64.2 Å². The average molecular weight is 516 g/mol. The Bertz CT molecular complexity index is 402. The van der Waals surface area contributed by atoms with Crippen molar-refractivity contribution in [2.75, 3.05) is 0 Å². The van der Waals surface area contributed by atoms with Crippen molar-refractivity contribution in [3.05, 3.63) is 0 Å². The van der Waals surface area contributed by atoms with E-state index in [-0.39, 0.29) is 8.65 Å². The molecule has 3 aliphatic rings. The van der Waals surface area contributed by atoms with Gasteiger partial charge in [0.25, 0.3) is 0 Å². The van der Waals surface area contributed by atoms with Crippen LogP contribution in [0.4, 0.5) is 0 Å². The van der Waals surface area contributed by atoms with E-state index in [9.17, 15) is 0 Å². The Morgan fingerprint density at radius 3 is 1.32 bits per heavy atom. The van der Waals surface area contributed by atoms with Crippen LogP contribution in [-0.4, -0.2) is 17.3 Å². The molecule has 0 aromatic rings. The monoisotopic (exact) mass is 512 g/mol. The first-order chi connectivity index (χ1) is 10.2. The lowest BCUT2D eigenvalue weighted by atomic mass is 10.0. The predicted octanol–water partition coefficient (Wildman–Crippen LogP) is 7.78. The molecule has 0 N–H and O–H groups in total. The molecule has 3 saturated carbocycles. The van der Waals surface area contributed by atoms with E-state index in [0.29, 0.717) is 11.8 Å². The number of alkyl halides is 6. The molecule has 0 aromatic heterocycles. The third-order valence-electron chi connectivity index (χ3n) is 5.99. The molecule has 0 unspecified atom stereocenters. The molecular weight excluding hydrogens is 494 g/mol. The molecule has 0 spiro atoms. The first-order valence-corrected chi connectivity index (χ1v) is 11.4. The Labute approximate surface area is 170 Å². The highest BCUT2D eigenvalue weighted by Crippen LogP contribution is 2.72. The van der Waals surface area contributed by atoms with Gasteiger partial charge in [-0.1, -0.05) is 117 Å². The van der Waals surface area contributed by atoms with Crippen molar-refractivity contribution in [1.82, 2.24) is 0 Å². The van der Waals surface area contributed by atoms with E-state index in [0.717, 1.165) is 38.5 Å². The van der Waals surface area contributed by atoms with E-state index in [1.54, 1.807) is 0 Å². The molecule has 0 bridgehead atoms. The molecule has 0 heterocycles. The molecule has 0 aliphatic heterocycles. The summed E-state index contributed by atoms with van der Waals surface area (Å²) in [6, 6.07) is 0. The highest BCUT2D eigenvalue weighted by Gasteiger charge is 2.74. The molecule has 4 atom stereocenters. The molecule has 6 heteroatoms. The van der Waals surface area contributed by atoms with Gasteiger partial charge in [0.1, 0.15) is 8.67 Å². The van der Waals surface area contributed by atoms with Crippen molar-refractivity contribution < 1.29 is 0 Å². The maximum Gasteiger partial charge on any atom is 0.138 e. The summed E-state index contributed by atoms with van der Waals surface area (Å²) in [6.45, 7) is 0. The molecule has 22 heavy (non-hydrogen) atoms. The van der Waals surface area contributed by atoms with Crippen LogP contribution in [0.2, 0.25) is 0 Å². The number of hydrogen-bond acceptors (Lipinski definition) is 0. The normalized spacial score (nSPS) is 47.7. The molecule has 3 rings (SSSR count). The largest absolute Gasteiger partial charge is 0.138 e. The van der Waals surface area contributed by atoms with E-state index >= 15 is 0 Å². The predicted molar refractivity (Wildman–Crippen MR) is 105 cm³/mol. The zero-order chi connectivity index (χ0) is 16.2. The second-order valence-corrected chi connectivity index (χ2v) is 12.9. The minimum atomic E-state index is -0.576. The van der Waals surface area contributed by atoms with Crippen molar-refractivity contribution in [3.8, 4) is 0 Å². The summed E-state index contributed by atoms with van der Waals surface area (Å²) in [5.41, 5.74) is 0. The fraction of sp³-hybridized carbons (Fsp3) is 1.00. The smallest absolute Gasteiger partial charge is 0.0997 e. The van der Waals surface area contributed by atoms with Crippen molar-refractivity contribution in [3.63, 3.8) is 0 Å². The third kappa shape index (κ3) is 2.92. The number of halogens is 6. The van der Waals surface area contributed by atoms with Gasteiger partial charge in [-0.25, -0.2) is 0 Å². The summed E-state index contributed by atoms with van der Waals surface area (Å²) in [5, 5.41) is 0. The Kier molecular flexibility index (Phi) is 5.48. The second kappa shape index (κ2) is 6.38. The zero-order valence-electron chi connectivity index (χ0n) is 12.5. The number of rotatable bonds is 0. The summed E-state index contributed by atoms with van der Waals surface area (Å²) in [7, 11) is 0. The Morgan fingerprint density at radius 1 is 0.591 bits per heavy atom. The van der Waals surface area contributed by atoms with Crippen molar-refractivity contribution in [2.24, 2.45) is 11.8 Å².